The lowest BCUT2D eigenvalue weighted by molar-refractivity contribution is 0.0779. The third-order valence-electron chi connectivity index (χ3n) is 4.26. The van der Waals surface area contributed by atoms with Crippen LogP contribution in [0.4, 0.5) is 0 Å². The van der Waals surface area contributed by atoms with Crippen LogP contribution >= 0.6 is 22.9 Å². The number of nitrogens with zero attached hydrogens (tertiary/aromatic N) is 4. The summed E-state index contributed by atoms with van der Waals surface area (Å²) < 4.78 is 5.89. The molecule has 2 aromatic rings. The molecule has 0 saturated carbocycles. The molecule has 8 heteroatoms. The van der Waals surface area contributed by atoms with Crippen molar-refractivity contribution in [2.45, 2.75) is 38.8 Å². The molecule has 3 rings (SSSR count). The summed E-state index contributed by atoms with van der Waals surface area (Å²) in [5.74, 6) is 1.64. The van der Waals surface area contributed by atoms with Crippen molar-refractivity contribution in [1.82, 2.24) is 19.9 Å². The molecule has 6 nitrogen and oxygen atoms in total. The SMILES string of the molecule is CC(C)c1nc(CN(C)C2CCN(C(=O)c3csc(Cl)c3)C2)no1. The van der Waals surface area contributed by atoms with Gasteiger partial charge in [-0.1, -0.05) is 30.6 Å². The average Bonchev–Trinajstić information content (AvgIpc) is 3.26. The molecule has 1 unspecified atom stereocenters. The molecule has 0 spiro atoms. The van der Waals surface area contributed by atoms with Gasteiger partial charge in [-0.25, -0.2) is 0 Å². The lowest BCUT2D eigenvalue weighted by Crippen LogP contribution is -2.36. The number of rotatable bonds is 5. The van der Waals surface area contributed by atoms with Gasteiger partial charge in [-0.2, -0.15) is 4.98 Å². The number of thiophene rings is 1. The van der Waals surface area contributed by atoms with E-state index in [-0.39, 0.29) is 11.8 Å². The molecule has 0 aliphatic carbocycles. The smallest absolute Gasteiger partial charge is 0.254 e. The Morgan fingerprint density at radius 2 is 2.38 bits per heavy atom. The van der Waals surface area contributed by atoms with Gasteiger partial charge in [0.25, 0.3) is 5.91 Å². The van der Waals surface area contributed by atoms with E-state index in [0.29, 0.717) is 40.7 Å². The molecule has 1 atom stereocenters. The van der Waals surface area contributed by atoms with Crippen LogP contribution in [0.1, 0.15) is 48.3 Å². The van der Waals surface area contributed by atoms with Crippen molar-refractivity contribution < 1.29 is 9.32 Å². The van der Waals surface area contributed by atoms with Crippen molar-refractivity contribution in [2.75, 3.05) is 20.1 Å². The van der Waals surface area contributed by atoms with Crippen LogP contribution in [0.15, 0.2) is 16.0 Å². The molecule has 1 aliphatic rings. The van der Waals surface area contributed by atoms with Crippen LogP contribution in [0, 0.1) is 0 Å². The highest BCUT2D eigenvalue weighted by atomic mass is 35.5. The topological polar surface area (TPSA) is 62.5 Å². The predicted molar refractivity (Wildman–Crippen MR) is 93.5 cm³/mol. The lowest BCUT2D eigenvalue weighted by Gasteiger charge is -2.23. The second kappa shape index (κ2) is 7.21. The molecule has 0 radical (unpaired) electrons. The summed E-state index contributed by atoms with van der Waals surface area (Å²) in [6.07, 6.45) is 0.939. The van der Waals surface area contributed by atoms with Crippen molar-refractivity contribution in [3.05, 3.63) is 33.1 Å². The zero-order chi connectivity index (χ0) is 17.3. The monoisotopic (exact) mass is 368 g/mol. The number of carbonyl (C=O) groups is 1. The number of hydrogen-bond acceptors (Lipinski definition) is 6. The Hall–Kier alpha value is -1.44. The maximum atomic E-state index is 12.5. The summed E-state index contributed by atoms with van der Waals surface area (Å²) in [5, 5.41) is 5.85. The molecule has 0 aromatic carbocycles. The van der Waals surface area contributed by atoms with E-state index in [1.165, 1.54) is 11.3 Å². The molecule has 130 valence electrons. The minimum Gasteiger partial charge on any atom is -0.339 e. The van der Waals surface area contributed by atoms with Gasteiger partial charge in [-0.05, 0) is 19.5 Å². The fourth-order valence-corrected chi connectivity index (χ4v) is 3.66. The van der Waals surface area contributed by atoms with Crippen LogP contribution in [-0.2, 0) is 6.54 Å². The molecule has 0 bridgehead atoms. The lowest BCUT2D eigenvalue weighted by atomic mass is 10.2. The van der Waals surface area contributed by atoms with E-state index < -0.39 is 0 Å². The quantitative estimate of drug-likeness (QED) is 0.810. The van der Waals surface area contributed by atoms with E-state index in [9.17, 15) is 4.79 Å². The Morgan fingerprint density at radius 1 is 1.58 bits per heavy atom. The normalized spacial score (nSPS) is 18.1. The number of amides is 1. The first-order valence-corrected chi connectivity index (χ1v) is 9.26. The van der Waals surface area contributed by atoms with Gasteiger partial charge in [0, 0.05) is 30.4 Å². The van der Waals surface area contributed by atoms with E-state index in [1.54, 1.807) is 6.07 Å². The standard InChI is InChI=1S/C16H21ClN4O2S/c1-10(2)15-18-14(19-23-15)8-20(3)12-4-5-21(7-12)16(22)11-6-13(17)24-9-11/h6,9-10,12H,4-5,7-8H2,1-3H3. The minimum absolute atomic E-state index is 0.0516. The van der Waals surface area contributed by atoms with Crippen molar-refractivity contribution in [1.29, 1.82) is 0 Å². The van der Waals surface area contributed by atoms with Crippen molar-refractivity contribution in [2.24, 2.45) is 0 Å². The average molecular weight is 369 g/mol. The van der Waals surface area contributed by atoms with Gasteiger partial charge < -0.3 is 9.42 Å². The number of halogens is 1. The van der Waals surface area contributed by atoms with E-state index in [4.69, 9.17) is 16.1 Å². The summed E-state index contributed by atoms with van der Waals surface area (Å²) in [5.41, 5.74) is 0.674. The summed E-state index contributed by atoms with van der Waals surface area (Å²) >= 11 is 7.31. The maximum Gasteiger partial charge on any atom is 0.254 e. The maximum absolute atomic E-state index is 12.5. The van der Waals surface area contributed by atoms with Crippen molar-refractivity contribution in [3.63, 3.8) is 0 Å². The number of aromatic nitrogens is 2. The molecular weight excluding hydrogens is 348 g/mol. The van der Waals surface area contributed by atoms with Crippen molar-refractivity contribution in [3.8, 4) is 0 Å². The molecular formula is C16H21ClN4O2S. The largest absolute Gasteiger partial charge is 0.339 e. The molecule has 1 saturated heterocycles. The number of likely N-dealkylation sites (N-methyl/N-ethyl adjacent to an activating group) is 1. The van der Waals surface area contributed by atoms with Crippen molar-refractivity contribution >= 4 is 28.8 Å². The molecule has 24 heavy (non-hydrogen) atoms. The Kier molecular flexibility index (Phi) is 5.22. The van der Waals surface area contributed by atoms with Crippen LogP contribution in [-0.4, -0.2) is 52.0 Å². The molecule has 0 N–H and O–H groups in total. The van der Waals surface area contributed by atoms with Gasteiger partial charge in [-0.15, -0.1) is 11.3 Å². The Bertz CT molecular complexity index is 715. The Labute approximate surface area is 150 Å². The fourth-order valence-electron chi connectivity index (χ4n) is 2.81. The van der Waals surface area contributed by atoms with E-state index >= 15 is 0 Å². The zero-order valence-corrected chi connectivity index (χ0v) is 15.6. The van der Waals surface area contributed by atoms with Gasteiger partial charge in [0.15, 0.2) is 5.82 Å². The van der Waals surface area contributed by atoms with Crippen LogP contribution < -0.4 is 0 Å². The highest BCUT2D eigenvalue weighted by molar-refractivity contribution is 7.14. The highest BCUT2D eigenvalue weighted by Crippen LogP contribution is 2.24. The van der Waals surface area contributed by atoms with Gasteiger partial charge in [-0.3, -0.25) is 9.69 Å². The molecule has 2 aromatic heterocycles. The van der Waals surface area contributed by atoms with Crippen LogP contribution in [0.3, 0.4) is 0 Å². The van der Waals surface area contributed by atoms with Gasteiger partial charge >= 0.3 is 0 Å². The summed E-state index contributed by atoms with van der Waals surface area (Å²) in [7, 11) is 2.03. The zero-order valence-electron chi connectivity index (χ0n) is 14.0. The Balaban J connectivity index is 1.57. The number of hydrogen-bond donors (Lipinski definition) is 0. The first-order valence-electron chi connectivity index (χ1n) is 8.00. The van der Waals surface area contributed by atoms with E-state index in [0.717, 1.165) is 13.0 Å². The fraction of sp³-hybridized carbons (Fsp3) is 0.562. The molecule has 1 aliphatic heterocycles. The minimum atomic E-state index is 0.0516. The van der Waals surface area contributed by atoms with Gasteiger partial charge in [0.2, 0.25) is 5.89 Å². The summed E-state index contributed by atoms with van der Waals surface area (Å²) in [6.45, 7) is 6.13. The van der Waals surface area contributed by atoms with Gasteiger partial charge in [0.1, 0.15) is 0 Å². The number of likely N-dealkylation sites (tertiary alicyclic amines) is 1. The van der Waals surface area contributed by atoms with E-state index in [2.05, 4.69) is 15.0 Å². The number of carbonyl (C=O) groups excluding carboxylic acids is 1. The predicted octanol–water partition coefficient (Wildman–Crippen LogP) is 3.25. The third kappa shape index (κ3) is 3.79. The summed E-state index contributed by atoms with van der Waals surface area (Å²) in [6, 6.07) is 2.03. The second-order valence-electron chi connectivity index (χ2n) is 6.45. The molecule has 3 heterocycles. The van der Waals surface area contributed by atoms with E-state index in [1.807, 2.05) is 31.2 Å². The third-order valence-corrected chi connectivity index (χ3v) is 5.35. The van der Waals surface area contributed by atoms with Crippen LogP contribution in [0.2, 0.25) is 4.34 Å². The van der Waals surface area contributed by atoms with Crippen LogP contribution in [0.25, 0.3) is 0 Å². The molecule has 1 amide bonds. The second-order valence-corrected chi connectivity index (χ2v) is 7.99. The van der Waals surface area contributed by atoms with Gasteiger partial charge in [0.05, 0.1) is 16.4 Å². The van der Waals surface area contributed by atoms with Crippen LogP contribution in [0.5, 0.6) is 0 Å². The summed E-state index contributed by atoms with van der Waals surface area (Å²) in [4.78, 5) is 21.0. The first-order chi connectivity index (χ1) is 11.4. The first kappa shape index (κ1) is 17.4. The highest BCUT2D eigenvalue weighted by Gasteiger charge is 2.30. The molecule has 1 fully saturated rings. The Morgan fingerprint density at radius 3 is 3.00 bits per heavy atom.